The molecule has 0 fully saturated rings. The Hall–Kier alpha value is -2.43. The van der Waals surface area contributed by atoms with Crippen LogP contribution in [-0.2, 0) is 25.8 Å². The topological polar surface area (TPSA) is 92.7 Å². The fraction of sp³-hybridized carbons (Fsp3) is 0.381. The van der Waals surface area contributed by atoms with Crippen LogP contribution in [0.15, 0.2) is 53.4 Å². The van der Waals surface area contributed by atoms with Crippen molar-refractivity contribution < 1.29 is 36.3 Å². The highest BCUT2D eigenvalue weighted by molar-refractivity contribution is 7.92. The lowest BCUT2D eigenvalue weighted by Crippen LogP contribution is -2.39. The Morgan fingerprint density at radius 1 is 1.06 bits per heavy atom. The van der Waals surface area contributed by atoms with Crippen LogP contribution >= 0.6 is 0 Å². The minimum absolute atomic E-state index is 0.0149. The summed E-state index contributed by atoms with van der Waals surface area (Å²) < 4.78 is 67.2. The van der Waals surface area contributed by atoms with E-state index < -0.39 is 33.6 Å². The molecule has 2 rings (SSSR count). The number of aryl methyl sites for hydroxylation is 1. The van der Waals surface area contributed by atoms with Gasteiger partial charge in [0.05, 0.1) is 4.90 Å². The molecule has 6 nitrogen and oxygen atoms in total. The van der Waals surface area contributed by atoms with Crippen molar-refractivity contribution in [2.45, 2.75) is 42.0 Å². The molecule has 0 saturated heterocycles. The Morgan fingerprint density at radius 3 is 2.10 bits per heavy atom. The molecule has 10 heteroatoms. The number of hydrogen-bond acceptors (Lipinski definition) is 5. The third-order valence-electron chi connectivity index (χ3n) is 4.76. The van der Waals surface area contributed by atoms with Gasteiger partial charge in [0.15, 0.2) is 9.84 Å². The summed E-state index contributed by atoms with van der Waals surface area (Å²) in [5.74, 6) is -1.04. The molecule has 0 aliphatic heterocycles. The number of sulfone groups is 1. The summed E-state index contributed by atoms with van der Waals surface area (Å²) in [6.07, 6.45) is -4.79. The maximum Gasteiger partial charge on any atom is 0.389 e. The number of halogens is 3. The monoisotopic (exact) mass is 459 g/mol. The number of alkyl halides is 3. The lowest BCUT2D eigenvalue weighted by Gasteiger charge is -2.16. The van der Waals surface area contributed by atoms with Gasteiger partial charge in [0.2, 0.25) is 0 Å². The van der Waals surface area contributed by atoms with E-state index in [2.05, 4.69) is 0 Å². The fourth-order valence-electron chi connectivity index (χ4n) is 3.08. The Kier molecular flexibility index (Phi) is 8.60. The molecule has 0 saturated carbocycles. The molecule has 1 atom stereocenters. The van der Waals surface area contributed by atoms with Gasteiger partial charge in [-0.3, -0.25) is 10.0 Å². The molecule has 1 amide bonds. The summed E-state index contributed by atoms with van der Waals surface area (Å²) in [6, 6.07) is 12.9. The van der Waals surface area contributed by atoms with E-state index in [1.165, 1.54) is 24.7 Å². The lowest BCUT2D eigenvalue weighted by atomic mass is 10.0. The van der Waals surface area contributed by atoms with Crippen molar-refractivity contribution in [1.29, 1.82) is 0 Å². The van der Waals surface area contributed by atoms with Crippen LogP contribution in [0.5, 0.6) is 0 Å². The first-order valence-electron chi connectivity index (χ1n) is 9.51. The Labute approximate surface area is 178 Å². The van der Waals surface area contributed by atoms with E-state index in [4.69, 9.17) is 9.94 Å². The third kappa shape index (κ3) is 7.05. The van der Waals surface area contributed by atoms with Crippen molar-refractivity contribution in [3.8, 4) is 11.1 Å². The SMILES string of the molecule is COCCC(C(=O)NO)S(=O)(=O)c1ccc(-c2ccc(CCCC(F)(F)F)cc2)cc1. The molecule has 0 heterocycles. The third-order valence-corrected chi connectivity index (χ3v) is 6.89. The second-order valence-corrected chi connectivity index (χ2v) is 9.11. The normalized spacial score (nSPS) is 13.1. The quantitative estimate of drug-likeness (QED) is 0.415. The first-order chi connectivity index (χ1) is 14.6. The number of benzene rings is 2. The van der Waals surface area contributed by atoms with Crippen molar-refractivity contribution in [3.63, 3.8) is 0 Å². The second kappa shape index (κ2) is 10.7. The van der Waals surface area contributed by atoms with E-state index in [-0.39, 0.29) is 24.3 Å². The zero-order chi connectivity index (χ0) is 23.1. The van der Waals surface area contributed by atoms with Crippen LogP contribution in [0.25, 0.3) is 11.1 Å². The molecule has 0 bridgehead atoms. The van der Waals surface area contributed by atoms with Gasteiger partial charge in [-0.05, 0) is 48.1 Å². The van der Waals surface area contributed by atoms with Crippen LogP contribution in [0.3, 0.4) is 0 Å². The van der Waals surface area contributed by atoms with E-state index >= 15 is 0 Å². The maximum atomic E-state index is 12.8. The summed E-state index contributed by atoms with van der Waals surface area (Å²) in [7, 11) is -2.68. The maximum absolute atomic E-state index is 12.8. The number of amides is 1. The van der Waals surface area contributed by atoms with Crippen LogP contribution in [-0.4, -0.2) is 44.7 Å². The predicted octanol–water partition coefficient (Wildman–Crippen LogP) is 3.92. The first kappa shape index (κ1) is 24.8. The van der Waals surface area contributed by atoms with E-state index in [0.717, 1.165) is 11.1 Å². The molecular weight excluding hydrogens is 435 g/mol. The number of carbonyl (C=O) groups is 1. The molecule has 0 aromatic heterocycles. The number of ether oxygens (including phenoxy) is 1. The Balaban J connectivity index is 2.14. The smallest absolute Gasteiger partial charge is 0.385 e. The predicted molar refractivity (Wildman–Crippen MR) is 108 cm³/mol. The van der Waals surface area contributed by atoms with Crippen molar-refractivity contribution in [3.05, 3.63) is 54.1 Å². The summed E-state index contributed by atoms with van der Waals surface area (Å²) in [5.41, 5.74) is 3.64. The fourth-order valence-corrected chi connectivity index (χ4v) is 4.67. The minimum Gasteiger partial charge on any atom is -0.385 e. The van der Waals surface area contributed by atoms with Crippen LogP contribution in [0.2, 0.25) is 0 Å². The summed E-state index contributed by atoms with van der Waals surface area (Å²) in [4.78, 5) is 11.8. The van der Waals surface area contributed by atoms with Gasteiger partial charge in [-0.1, -0.05) is 36.4 Å². The highest BCUT2D eigenvalue weighted by atomic mass is 32.2. The van der Waals surface area contributed by atoms with E-state index in [1.807, 2.05) is 0 Å². The Bertz CT molecular complexity index is 958. The zero-order valence-corrected chi connectivity index (χ0v) is 17.7. The number of methoxy groups -OCH3 is 1. The van der Waals surface area contributed by atoms with Crippen LogP contribution in [0.1, 0.15) is 24.8 Å². The van der Waals surface area contributed by atoms with E-state index in [9.17, 15) is 26.4 Å². The average molecular weight is 459 g/mol. The van der Waals surface area contributed by atoms with E-state index in [1.54, 1.807) is 36.4 Å². The standard InChI is InChI=1S/C21H24F3NO5S/c1-30-14-12-19(20(26)25-27)31(28,29)18-10-8-17(9-11-18)16-6-4-15(5-7-16)3-2-13-21(22,23)24/h4-11,19,27H,2-3,12-14H2,1H3,(H,25,26). The number of rotatable bonds is 10. The number of hydroxylamine groups is 1. The van der Waals surface area contributed by atoms with Gasteiger partial charge < -0.3 is 4.74 Å². The van der Waals surface area contributed by atoms with Crippen LogP contribution in [0.4, 0.5) is 13.2 Å². The van der Waals surface area contributed by atoms with E-state index in [0.29, 0.717) is 12.0 Å². The van der Waals surface area contributed by atoms with Crippen LogP contribution in [0, 0.1) is 0 Å². The summed E-state index contributed by atoms with van der Waals surface area (Å²) >= 11 is 0. The molecule has 2 aromatic carbocycles. The molecule has 2 N–H and O–H groups in total. The van der Waals surface area contributed by atoms with Gasteiger partial charge in [-0.25, -0.2) is 13.9 Å². The summed E-state index contributed by atoms with van der Waals surface area (Å²) in [5, 5.41) is 7.36. The minimum atomic E-state index is -4.16. The van der Waals surface area contributed by atoms with Gasteiger partial charge in [-0.15, -0.1) is 0 Å². The Morgan fingerprint density at radius 2 is 1.61 bits per heavy atom. The second-order valence-electron chi connectivity index (χ2n) is 6.98. The van der Waals surface area contributed by atoms with Gasteiger partial charge >= 0.3 is 6.18 Å². The highest BCUT2D eigenvalue weighted by Gasteiger charge is 2.33. The van der Waals surface area contributed by atoms with Crippen LogP contribution < -0.4 is 5.48 Å². The summed E-state index contributed by atoms with van der Waals surface area (Å²) in [6.45, 7) is 0.0186. The van der Waals surface area contributed by atoms with Gasteiger partial charge in [0.1, 0.15) is 5.25 Å². The van der Waals surface area contributed by atoms with Gasteiger partial charge in [0, 0.05) is 20.1 Å². The lowest BCUT2D eigenvalue weighted by molar-refractivity contribution is -0.135. The first-order valence-corrected chi connectivity index (χ1v) is 11.1. The van der Waals surface area contributed by atoms with Crippen molar-refractivity contribution in [2.75, 3.05) is 13.7 Å². The average Bonchev–Trinajstić information content (AvgIpc) is 2.73. The molecule has 0 aliphatic rings. The van der Waals surface area contributed by atoms with Crippen molar-refractivity contribution in [1.82, 2.24) is 5.48 Å². The number of carbonyl (C=O) groups excluding carboxylic acids is 1. The van der Waals surface area contributed by atoms with Crippen molar-refractivity contribution in [2.24, 2.45) is 0 Å². The molecule has 2 aromatic rings. The molecule has 0 aliphatic carbocycles. The molecule has 170 valence electrons. The molecule has 1 unspecified atom stereocenters. The zero-order valence-electron chi connectivity index (χ0n) is 16.9. The molecule has 0 spiro atoms. The number of nitrogens with one attached hydrogen (secondary N) is 1. The van der Waals surface area contributed by atoms with Gasteiger partial charge in [-0.2, -0.15) is 13.2 Å². The van der Waals surface area contributed by atoms with Crippen molar-refractivity contribution >= 4 is 15.7 Å². The molecule has 0 radical (unpaired) electrons. The molecular formula is C21H24F3NO5S. The van der Waals surface area contributed by atoms with Gasteiger partial charge in [0.25, 0.3) is 5.91 Å². The largest absolute Gasteiger partial charge is 0.389 e. The number of hydrogen-bond donors (Lipinski definition) is 2. The highest BCUT2D eigenvalue weighted by Crippen LogP contribution is 2.26. The molecule has 31 heavy (non-hydrogen) atoms.